The molecule has 1 heterocycles. The summed E-state index contributed by atoms with van der Waals surface area (Å²) < 4.78 is 10.8. The van der Waals surface area contributed by atoms with Crippen LogP contribution in [0.5, 0.6) is 46.0 Å². The molecule has 0 spiro atoms. The lowest BCUT2D eigenvalue weighted by molar-refractivity contribution is -0.208. The summed E-state index contributed by atoms with van der Waals surface area (Å²) in [7, 11) is 0. The van der Waals surface area contributed by atoms with E-state index in [0.717, 1.165) is 60.7 Å². The second-order valence-corrected chi connectivity index (χ2v) is 15.2. The van der Waals surface area contributed by atoms with E-state index in [4.69, 9.17) is 9.47 Å². The zero-order valence-electron chi connectivity index (χ0n) is 32.4. The largest absolute Gasteiger partial charge is 0.504 e. The number of hydrogen-bond acceptors (Lipinski definition) is 17. The fourth-order valence-electron chi connectivity index (χ4n) is 8.61. The van der Waals surface area contributed by atoms with Crippen LogP contribution in [0.4, 0.5) is 0 Å². The van der Waals surface area contributed by atoms with Gasteiger partial charge in [-0.05, 0) is 81.9 Å². The average Bonchev–Trinajstić information content (AvgIpc) is 3.22. The molecule has 1 saturated heterocycles. The van der Waals surface area contributed by atoms with Gasteiger partial charge in [0.1, 0.15) is 18.3 Å². The van der Waals surface area contributed by atoms with Crippen molar-refractivity contribution in [2.24, 2.45) is 11.8 Å². The van der Waals surface area contributed by atoms with Gasteiger partial charge in [-0.25, -0.2) is 9.59 Å². The highest BCUT2D eigenvalue weighted by molar-refractivity contribution is 6.07. The molecule has 0 unspecified atom stereocenters. The number of carboxylic acid groups (broad SMARTS) is 4. The molecule has 2 aliphatic carbocycles. The number of fused-ring (bicyclic) bond motifs is 2. The highest BCUT2D eigenvalue weighted by Gasteiger charge is 2.48. The molecule has 21 heteroatoms. The molecule has 0 saturated carbocycles. The maximum atomic E-state index is 14.4. The normalized spacial score (nSPS) is 23.7. The summed E-state index contributed by atoms with van der Waals surface area (Å²) in [4.78, 5) is 65.1. The number of ether oxygens (including phenoxy) is 2. The van der Waals surface area contributed by atoms with Gasteiger partial charge in [0.15, 0.2) is 52.1 Å². The molecule has 1 aliphatic heterocycles. The molecule has 8 atom stereocenters. The van der Waals surface area contributed by atoms with Gasteiger partial charge in [-0.2, -0.15) is 0 Å². The molecule has 4 aromatic rings. The number of hydrogen-bond donors (Lipinski definition) is 14. The minimum Gasteiger partial charge on any atom is -0.504 e. The first kappa shape index (κ1) is 44.1. The van der Waals surface area contributed by atoms with Crippen LogP contribution >= 0.6 is 0 Å². The van der Waals surface area contributed by atoms with E-state index in [1.807, 2.05) is 0 Å². The Bertz CT molecular complexity index is 2730. The maximum absolute atomic E-state index is 14.4. The van der Waals surface area contributed by atoms with Crippen LogP contribution in [0.25, 0.3) is 23.3 Å². The summed E-state index contributed by atoms with van der Waals surface area (Å²) in [5.74, 6) is -23.2. The Morgan fingerprint density at radius 1 is 0.594 bits per heavy atom. The molecule has 0 aromatic heterocycles. The summed E-state index contributed by atoms with van der Waals surface area (Å²) >= 11 is 0. The van der Waals surface area contributed by atoms with Gasteiger partial charge in [-0.1, -0.05) is 12.1 Å². The van der Waals surface area contributed by atoms with E-state index in [9.17, 15) is 95.5 Å². The minimum atomic E-state index is -2.11. The Labute approximate surface area is 357 Å². The first-order valence-corrected chi connectivity index (χ1v) is 18.9. The lowest BCUT2D eigenvalue weighted by atomic mass is 9.67. The number of aliphatic hydroxyl groups excluding tert-OH is 2. The zero-order valence-corrected chi connectivity index (χ0v) is 32.4. The Hall–Kier alpha value is -8.01. The van der Waals surface area contributed by atoms with Crippen molar-refractivity contribution in [2.45, 2.75) is 42.7 Å². The summed E-state index contributed by atoms with van der Waals surface area (Å²) in [5.41, 5.74) is -5.01. The van der Waals surface area contributed by atoms with Gasteiger partial charge in [0.05, 0.1) is 36.0 Å². The number of aliphatic hydroxyl groups is 2. The number of carboxylic acids is 4. The first-order valence-electron chi connectivity index (χ1n) is 18.9. The fourth-order valence-corrected chi connectivity index (χ4v) is 8.61. The van der Waals surface area contributed by atoms with E-state index in [-0.39, 0.29) is 22.3 Å². The lowest BCUT2D eigenvalue weighted by Crippen LogP contribution is -2.55. The van der Waals surface area contributed by atoms with Gasteiger partial charge in [0.25, 0.3) is 0 Å². The van der Waals surface area contributed by atoms with E-state index in [2.05, 4.69) is 0 Å². The van der Waals surface area contributed by atoms with Gasteiger partial charge in [-0.15, -0.1) is 0 Å². The highest BCUT2D eigenvalue weighted by atomic mass is 16.6. The fraction of sp³-hybridized carbons (Fsp3) is 0.233. The van der Waals surface area contributed by atoms with Crippen molar-refractivity contribution < 1.29 is 105 Å². The summed E-state index contributed by atoms with van der Waals surface area (Å²) in [6.07, 6.45) is -6.54. The second kappa shape index (κ2) is 16.4. The number of esters is 1. The molecule has 4 aromatic carbocycles. The monoisotopic (exact) mass is 888 g/mol. The average molecular weight is 889 g/mol. The van der Waals surface area contributed by atoms with Crippen molar-refractivity contribution in [2.75, 3.05) is 6.61 Å². The molecular formula is C43H36O21. The quantitative estimate of drug-likeness (QED) is 0.0800. The number of phenolic OH excluding ortho intramolecular Hbond substituents is 8. The standard InChI is InChI=1S/C43H36O21/c44-21-3-1-13(5-23(21)46)30-17-9-25(48)36(53)32(15(17)7-19(40(56)57)34(30)41(58)59)33-16-8-20(43(62)64-39-28(11-29(51)52)63-12-27(50)38(39)55)35(42(60)61)31(18(16)10-26(49)37(33)54)14-2-4-22(45)24(47)6-14/h1-10,27-28,30-31,34-35,38-39,44-50,53-55H,11-12H2,(H,51,52)(H,56,57)(H,58,59)(H,60,61)/t27-,28-,30+,31-,34+,35+,38-,39-/m0/s1. The van der Waals surface area contributed by atoms with Crippen LogP contribution in [0.3, 0.4) is 0 Å². The number of phenols is 8. The maximum Gasteiger partial charge on any atom is 0.335 e. The third-order valence-corrected chi connectivity index (χ3v) is 11.5. The van der Waals surface area contributed by atoms with Crippen LogP contribution in [0.2, 0.25) is 0 Å². The van der Waals surface area contributed by atoms with Gasteiger partial charge in [0.2, 0.25) is 0 Å². The van der Waals surface area contributed by atoms with E-state index in [1.165, 1.54) is 0 Å². The third-order valence-electron chi connectivity index (χ3n) is 11.5. The molecule has 21 nitrogen and oxygen atoms in total. The molecule has 0 bridgehead atoms. The third kappa shape index (κ3) is 7.41. The van der Waals surface area contributed by atoms with Crippen molar-refractivity contribution in [3.63, 3.8) is 0 Å². The molecule has 1 fully saturated rings. The molecule has 3 aliphatic rings. The number of carbonyl (C=O) groups is 5. The van der Waals surface area contributed by atoms with E-state index in [1.54, 1.807) is 0 Å². The second-order valence-electron chi connectivity index (χ2n) is 15.2. The predicted molar refractivity (Wildman–Crippen MR) is 211 cm³/mol. The van der Waals surface area contributed by atoms with Gasteiger partial charge in [0, 0.05) is 23.0 Å². The van der Waals surface area contributed by atoms with Crippen molar-refractivity contribution in [1.82, 2.24) is 0 Å². The van der Waals surface area contributed by atoms with Crippen molar-refractivity contribution in [3.05, 3.63) is 93.1 Å². The number of aliphatic carboxylic acids is 4. The zero-order chi connectivity index (χ0) is 46.8. The van der Waals surface area contributed by atoms with Gasteiger partial charge in [-0.3, -0.25) is 14.4 Å². The van der Waals surface area contributed by atoms with Crippen molar-refractivity contribution >= 4 is 42.0 Å². The molecule has 14 N–H and O–H groups in total. The highest BCUT2D eigenvalue weighted by Crippen LogP contribution is 2.58. The number of carbonyl (C=O) groups excluding carboxylic acids is 1. The van der Waals surface area contributed by atoms with E-state index < -0.39 is 170 Å². The molecule has 334 valence electrons. The predicted octanol–water partition coefficient (Wildman–Crippen LogP) is 2.05. The summed E-state index contributed by atoms with van der Waals surface area (Å²) in [5, 5.41) is 150. The molecule has 0 amide bonds. The first-order chi connectivity index (χ1) is 30.1. The Morgan fingerprint density at radius 2 is 1.05 bits per heavy atom. The number of rotatable bonds is 10. The van der Waals surface area contributed by atoms with Gasteiger partial charge >= 0.3 is 29.8 Å². The van der Waals surface area contributed by atoms with Crippen LogP contribution in [-0.4, -0.2) is 132 Å². The minimum absolute atomic E-state index is 0.143. The summed E-state index contributed by atoms with van der Waals surface area (Å²) in [6, 6.07) is 7.70. The van der Waals surface area contributed by atoms with Crippen LogP contribution < -0.4 is 0 Å². The molecule has 64 heavy (non-hydrogen) atoms. The lowest BCUT2D eigenvalue weighted by Gasteiger charge is -2.38. The molecular weight excluding hydrogens is 852 g/mol. The van der Waals surface area contributed by atoms with E-state index >= 15 is 0 Å². The SMILES string of the molecule is O=C(O)C[C@@H]1OC[C@H](O)[C@H](O)[C@H]1OC(=O)C1=Cc2c(cc(O)c(O)c2-c2c(O)c(O)cc3c2C=C(C(=O)O)[C@@H](C(=O)O)[C@@H]3c2ccc(O)c(O)c2)[C@H](c2ccc(O)c(O)c2)[C@@H]1C(=O)O. The van der Waals surface area contributed by atoms with Crippen LogP contribution in [0.1, 0.15) is 51.6 Å². The van der Waals surface area contributed by atoms with Crippen molar-refractivity contribution in [3.8, 4) is 57.1 Å². The van der Waals surface area contributed by atoms with Gasteiger partial charge < -0.3 is 81.0 Å². The smallest absolute Gasteiger partial charge is 0.335 e. The Kier molecular flexibility index (Phi) is 11.3. The topological polar surface area (TPSA) is 387 Å². The van der Waals surface area contributed by atoms with Crippen LogP contribution in [0.15, 0.2) is 59.7 Å². The van der Waals surface area contributed by atoms with Crippen molar-refractivity contribution in [1.29, 1.82) is 0 Å². The summed E-state index contributed by atoms with van der Waals surface area (Å²) in [6.45, 7) is -0.586. The molecule has 7 rings (SSSR count). The van der Waals surface area contributed by atoms with Crippen LogP contribution in [-0.2, 0) is 33.4 Å². The number of aromatic hydroxyl groups is 8. The van der Waals surface area contributed by atoms with E-state index in [0.29, 0.717) is 0 Å². The number of benzene rings is 4. The molecule has 0 radical (unpaired) electrons. The Balaban J connectivity index is 1.57. The Morgan fingerprint density at radius 3 is 1.47 bits per heavy atom. The van der Waals surface area contributed by atoms with Crippen LogP contribution in [0, 0.1) is 11.8 Å².